The lowest BCUT2D eigenvalue weighted by Crippen LogP contribution is -1.97. The Morgan fingerprint density at radius 3 is 2.35 bits per heavy atom. The molecule has 0 aliphatic rings. The normalized spacial score (nSPS) is 10.6. The van der Waals surface area contributed by atoms with Gasteiger partial charge in [0.05, 0.1) is 12.8 Å². The van der Waals surface area contributed by atoms with Crippen molar-refractivity contribution in [2.24, 2.45) is 7.05 Å². The van der Waals surface area contributed by atoms with Crippen LogP contribution in [0.5, 0.6) is 5.88 Å². The first-order valence-electron chi connectivity index (χ1n) is 4.81. The van der Waals surface area contributed by atoms with E-state index in [1.807, 2.05) is 14.0 Å². The van der Waals surface area contributed by atoms with Gasteiger partial charge in [0.15, 0.2) is 5.82 Å². The van der Waals surface area contributed by atoms with Gasteiger partial charge in [0.2, 0.25) is 5.88 Å². The molecule has 2 aromatic rings. The number of aryl methyl sites for hydroxylation is 2. The number of halogens is 2. The van der Waals surface area contributed by atoms with Gasteiger partial charge in [-0.05, 0) is 38.8 Å². The zero-order valence-electron chi connectivity index (χ0n) is 9.53. The van der Waals surface area contributed by atoms with Gasteiger partial charge in [0, 0.05) is 13.1 Å². The molecule has 0 aliphatic carbocycles. The molecule has 7 heteroatoms. The summed E-state index contributed by atoms with van der Waals surface area (Å²) in [7, 11) is 3.43. The maximum Gasteiger partial charge on any atom is 0.222 e. The first-order chi connectivity index (χ1) is 8.02. The van der Waals surface area contributed by atoms with Gasteiger partial charge in [-0.2, -0.15) is 5.10 Å². The highest BCUT2D eigenvalue weighted by molar-refractivity contribution is 9.11. The van der Waals surface area contributed by atoms with Crippen LogP contribution in [0, 0.1) is 6.92 Å². The SMILES string of the molecule is COc1c(-c2nc(Br)cc(Br)n2)c(C)nn1C. The molecule has 0 bridgehead atoms. The van der Waals surface area contributed by atoms with Crippen molar-refractivity contribution in [1.29, 1.82) is 0 Å². The average Bonchev–Trinajstić information content (AvgIpc) is 2.51. The minimum absolute atomic E-state index is 0.577. The Morgan fingerprint density at radius 2 is 1.82 bits per heavy atom. The van der Waals surface area contributed by atoms with E-state index < -0.39 is 0 Å². The summed E-state index contributed by atoms with van der Waals surface area (Å²) >= 11 is 6.68. The summed E-state index contributed by atoms with van der Waals surface area (Å²) in [5, 5.41) is 4.30. The van der Waals surface area contributed by atoms with E-state index in [2.05, 4.69) is 46.9 Å². The van der Waals surface area contributed by atoms with Crippen LogP contribution in [0.1, 0.15) is 5.69 Å². The molecule has 0 radical (unpaired) electrons. The van der Waals surface area contributed by atoms with Gasteiger partial charge in [-0.15, -0.1) is 0 Å². The van der Waals surface area contributed by atoms with Crippen molar-refractivity contribution >= 4 is 31.9 Å². The quantitative estimate of drug-likeness (QED) is 0.772. The molecule has 2 rings (SSSR count). The molecule has 90 valence electrons. The summed E-state index contributed by atoms with van der Waals surface area (Å²) in [6.45, 7) is 1.90. The molecule has 0 saturated heterocycles. The van der Waals surface area contributed by atoms with Crippen LogP contribution < -0.4 is 4.74 Å². The Kier molecular flexibility index (Phi) is 3.48. The topological polar surface area (TPSA) is 52.8 Å². The lowest BCUT2D eigenvalue weighted by molar-refractivity contribution is 0.374. The molecule has 0 saturated carbocycles. The Morgan fingerprint density at radius 1 is 1.24 bits per heavy atom. The Labute approximate surface area is 115 Å². The van der Waals surface area contributed by atoms with Crippen LogP contribution in [-0.4, -0.2) is 26.9 Å². The number of hydrogen-bond donors (Lipinski definition) is 0. The van der Waals surface area contributed by atoms with Crippen molar-refractivity contribution in [3.8, 4) is 17.3 Å². The van der Waals surface area contributed by atoms with Gasteiger partial charge in [-0.3, -0.25) is 0 Å². The highest BCUT2D eigenvalue weighted by Gasteiger charge is 2.19. The van der Waals surface area contributed by atoms with Crippen LogP contribution in [0.25, 0.3) is 11.4 Å². The fraction of sp³-hybridized carbons (Fsp3) is 0.300. The molecule has 0 spiro atoms. The number of aromatic nitrogens is 4. The number of rotatable bonds is 2. The van der Waals surface area contributed by atoms with Crippen LogP contribution in [0.2, 0.25) is 0 Å². The van der Waals surface area contributed by atoms with E-state index >= 15 is 0 Å². The summed E-state index contributed by atoms with van der Waals surface area (Å²) in [4.78, 5) is 8.66. The number of ether oxygens (including phenoxy) is 1. The van der Waals surface area contributed by atoms with Gasteiger partial charge >= 0.3 is 0 Å². The van der Waals surface area contributed by atoms with E-state index in [9.17, 15) is 0 Å². The highest BCUT2D eigenvalue weighted by Crippen LogP contribution is 2.31. The van der Waals surface area contributed by atoms with Crippen LogP contribution in [0.15, 0.2) is 15.3 Å². The van der Waals surface area contributed by atoms with E-state index in [-0.39, 0.29) is 0 Å². The van der Waals surface area contributed by atoms with E-state index in [4.69, 9.17) is 4.74 Å². The van der Waals surface area contributed by atoms with Crippen molar-refractivity contribution < 1.29 is 4.74 Å². The number of hydrogen-bond acceptors (Lipinski definition) is 4. The maximum atomic E-state index is 5.32. The van der Waals surface area contributed by atoms with Crippen molar-refractivity contribution in [1.82, 2.24) is 19.7 Å². The second-order valence-corrected chi connectivity index (χ2v) is 5.06. The van der Waals surface area contributed by atoms with Gasteiger partial charge in [0.25, 0.3) is 0 Å². The van der Waals surface area contributed by atoms with E-state index in [1.165, 1.54) is 0 Å². The highest BCUT2D eigenvalue weighted by atomic mass is 79.9. The maximum absolute atomic E-state index is 5.32. The smallest absolute Gasteiger partial charge is 0.222 e. The molecule has 0 amide bonds. The van der Waals surface area contributed by atoms with Crippen LogP contribution >= 0.6 is 31.9 Å². The first-order valence-corrected chi connectivity index (χ1v) is 6.39. The molecular weight excluding hydrogens is 352 g/mol. The van der Waals surface area contributed by atoms with Crippen molar-refractivity contribution in [2.75, 3.05) is 7.11 Å². The monoisotopic (exact) mass is 360 g/mol. The lowest BCUT2D eigenvalue weighted by Gasteiger charge is -2.04. The zero-order chi connectivity index (χ0) is 12.6. The van der Waals surface area contributed by atoms with E-state index in [0.717, 1.165) is 11.3 Å². The molecule has 0 unspecified atom stereocenters. The van der Waals surface area contributed by atoms with Crippen molar-refractivity contribution in [3.05, 3.63) is 21.0 Å². The van der Waals surface area contributed by atoms with Crippen molar-refractivity contribution in [2.45, 2.75) is 6.92 Å². The molecule has 0 atom stereocenters. The largest absolute Gasteiger partial charge is 0.481 e. The summed E-state index contributed by atoms with van der Waals surface area (Å²) < 4.78 is 8.41. The molecule has 2 aromatic heterocycles. The minimum atomic E-state index is 0.577. The fourth-order valence-electron chi connectivity index (χ4n) is 1.63. The van der Waals surface area contributed by atoms with Crippen LogP contribution in [0.4, 0.5) is 0 Å². The molecule has 0 fully saturated rings. The third-order valence-corrected chi connectivity index (χ3v) is 3.06. The molecular formula is C10H10Br2N4O. The van der Waals surface area contributed by atoms with E-state index in [0.29, 0.717) is 20.9 Å². The summed E-state index contributed by atoms with van der Waals surface area (Å²) in [6.07, 6.45) is 0. The Bertz CT molecular complexity index is 547. The van der Waals surface area contributed by atoms with Gasteiger partial charge < -0.3 is 4.74 Å². The van der Waals surface area contributed by atoms with Gasteiger partial charge in [-0.25, -0.2) is 14.6 Å². The summed E-state index contributed by atoms with van der Waals surface area (Å²) in [5.41, 5.74) is 1.63. The molecule has 0 aromatic carbocycles. The predicted molar refractivity (Wildman–Crippen MR) is 70.9 cm³/mol. The van der Waals surface area contributed by atoms with Crippen molar-refractivity contribution in [3.63, 3.8) is 0 Å². The van der Waals surface area contributed by atoms with E-state index in [1.54, 1.807) is 17.9 Å². The second kappa shape index (κ2) is 4.73. The number of nitrogens with zero attached hydrogens (tertiary/aromatic N) is 4. The molecule has 2 heterocycles. The lowest BCUT2D eigenvalue weighted by atomic mass is 10.2. The molecule has 0 N–H and O–H groups in total. The van der Waals surface area contributed by atoms with Crippen LogP contribution in [0.3, 0.4) is 0 Å². The van der Waals surface area contributed by atoms with Gasteiger partial charge in [-0.1, -0.05) is 0 Å². The first kappa shape index (κ1) is 12.5. The zero-order valence-corrected chi connectivity index (χ0v) is 12.7. The average molecular weight is 362 g/mol. The molecule has 17 heavy (non-hydrogen) atoms. The Balaban J connectivity index is 2.67. The predicted octanol–water partition coefficient (Wildman–Crippen LogP) is 2.72. The summed E-state index contributed by atoms with van der Waals surface area (Å²) in [5.74, 6) is 1.22. The van der Waals surface area contributed by atoms with Gasteiger partial charge in [0.1, 0.15) is 14.8 Å². The minimum Gasteiger partial charge on any atom is -0.481 e. The fourth-order valence-corrected chi connectivity index (χ4v) is 2.71. The summed E-state index contributed by atoms with van der Waals surface area (Å²) in [6, 6.07) is 1.78. The molecule has 0 aliphatic heterocycles. The second-order valence-electron chi connectivity index (χ2n) is 3.43. The third kappa shape index (κ3) is 2.35. The Hall–Kier alpha value is -0.950. The molecule has 5 nitrogen and oxygen atoms in total. The third-order valence-electron chi connectivity index (χ3n) is 2.25. The van der Waals surface area contributed by atoms with Crippen LogP contribution in [-0.2, 0) is 7.05 Å². The standard InChI is InChI=1S/C10H10Br2N4O/c1-5-8(10(17-3)16(2)15-5)9-13-6(11)4-7(12)14-9/h4H,1-3H3. The number of methoxy groups -OCH3 is 1.